The second kappa shape index (κ2) is 11.4. The first-order valence-corrected chi connectivity index (χ1v) is 14.3. The van der Waals surface area contributed by atoms with Gasteiger partial charge in [0.25, 0.3) is 0 Å². The Hall–Kier alpha value is -3.20. The molecule has 0 spiro atoms. The molecule has 8 heteroatoms. The van der Waals surface area contributed by atoms with Crippen molar-refractivity contribution in [1.29, 1.82) is 0 Å². The lowest BCUT2D eigenvalue weighted by molar-refractivity contribution is -0.122. The molecular formula is C32H38BNO6. The van der Waals surface area contributed by atoms with Crippen molar-refractivity contribution in [2.45, 2.75) is 65.9 Å². The molecule has 1 aliphatic carbocycles. The summed E-state index contributed by atoms with van der Waals surface area (Å²) in [5, 5.41) is 29.3. The van der Waals surface area contributed by atoms with Crippen LogP contribution in [0.25, 0.3) is 6.08 Å². The van der Waals surface area contributed by atoms with Crippen LogP contribution in [0.1, 0.15) is 62.6 Å². The number of anilines is 1. The van der Waals surface area contributed by atoms with E-state index >= 15 is 0 Å². The highest BCUT2D eigenvalue weighted by Crippen LogP contribution is 2.51. The van der Waals surface area contributed by atoms with E-state index < -0.39 is 19.0 Å². The standard InChI is InChI=1S/C32H38BNO6/c1-5-20(14-21-12-18(3)30(35)19(4)13-21)10-11-27-28-22(6-2)15-25-29(26(28)17-40-27)32(37)34(31(25)36)24-9-7-8-23(16-24)33(38)39/h7-9,12-14,16,25-27,29,35,38-39H,5-6,10-11,15,17H2,1-4H3/b20-14+/t25-,26+,27-,29-/m1/s1. The highest BCUT2D eigenvalue weighted by Gasteiger charge is 2.57. The van der Waals surface area contributed by atoms with Gasteiger partial charge < -0.3 is 19.9 Å². The minimum absolute atomic E-state index is 0.0797. The van der Waals surface area contributed by atoms with Crippen molar-refractivity contribution in [3.05, 3.63) is 69.8 Å². The first-order chi connectivity index (χ1) is 19.1. The number of benzene rings is 2. The second-order valence-electron chi connectivity index (χ2n) is 11.4. The lowest BCUT2D eigenvalue weighted by atomic mass is 9.69. The van der Waals surface area contributed by atoms with Gasteiger partial charge in [-0.2, -0.15) is 0 Å². The van der Waals surface area contributed by atoms with Gasteiger partial charge in [-0.25, -0.2) is 0 Å². The fourth-order valence-corrected chi connectivity index (χ4v) is 6.87. The van der Waals surface area contributed by atoms with Crippen LogP contribution in [0, 0.1) is 31.6 Å². The molecule has 0 unspecified atom stereocenters. The molecule has 7 nitrogen and oxygen atoms in total. The van der Waals surface area contributed by atoms with E-state index in [-0.39, 0.29) is 29.3 Å². The monoisotopic (exact) mass is 543 g/mol. The number of phenolic OH excluding ortho intramolecular Hbond substituents is 1. The van der Waals surface area contributed by atoms with Crippen LogP contribution in [0.5, 0.6) is 5.75 Å². The average molecular weight is 543 g/mol. The van der Waals surface area contributed by atoms with E-state index in [0.29, 0.717) is 24.5 Å². The minimum Gasteiger partial charge on any atom is -0.507 e. The number of aromatic hydroxyl groups is 1. The number of hydrogen-bond acceptors (Lipinski definition) is 6. The maximum Gasteiger partial charge on any atom is 0.488 e. The normalized spacial score (nSPS) is 24.6. The molecular weight excluding hydrogens is 505 g/mol. The molecule has 3 N–H and O–H groups in total. The molecule has 2 amide bonds. The number of rotatable bonds is 8. The molecule has 2 aromatic rings. The highest BCUT2D eigenvalue weighted by molar-refractivity contribution is 6.58. The summed E-state index contributed by atoms with van der Waals surface area (Å²) in [5.74, 6) is -1.11. The Kier molecular flexibility index (Phi) is 8.04. The molecule has 2 saturated heterocycles. The zero-order valence-corrected chi connectivity index (χ0v) is 23.7. The summed E-state index contributed by atoms with van der Waals surface area (Å²) in [7, 11) is -1.68. The zero-order chi connectivity index (χ0) is 28.7. The first kappa shape index (κ1) is 28.3. The van der Waals surface area contributed by atoms with Crippen LogP contribution in [0.2, 0.25) is 0 Å². The summed E-state index contributed by atoms with van der Waals surface area (Å²) in [6.45, 7) is 8.50. The summed E-state index contributed by atoms with van der Waals surface area (Å²) in [6.07, 6.45) is 6.06. The number of amides is 2. The van der Waals surface area contributed by atoms with Crippen LogP contribution in [-0.2, 0) is 14.3 Å². The molecule has 0 saturated carbocycles. The van der Waals surface area contributed by atoms with Gasteiger partial charge in [0.15, 0.2) is 0 Å². The summed E-state index contributed by atoms with van der Waals surface area (Å²) in [5.41, 5.74) is 7.15. The molecule has 0 radical (unpaired) electrons. The molecule has 4 atom stereocenters. The van der Waals surface area contributed by atoms with E-state index in [4.69, 9.17) is 4.74 Å². The van der Waals surface area contributed by atoms with Crippen molar-refractivity contribution in [2.75, 3.05) is 11.5 Å². The van der Waals surface area contributed by atoms with Crippen molar-refractivity contribution in [2.24, 2.45) is 17.8 Å². The summed E-state index contributed by atoms with van der Waals surface area (Å²) in [6, 6.07) is 10.4. The van der Waals surface area contributed by atoms with Crippen LogP contribution >= 0.6 is 0 Å². The number of ether oxygens (including phenoxy) is 1. The van der Waals surface area contributed by atoms with Crippen molar-refractivity contribution in [3.63, 3.8) is 0 Å². The van der Waals surface area contributed by atoms with Gasteiger partial charge in [0, 0.05) is 5.92 Å². The van der Waals surface area contributed by atoms with E-state index in [0.717, 1.165) is 42.4 Å². The maximum absolute atomic E-state index is 13.7. The number of allylic oxidation sites excluding steroid dienone is 2. The van der Waals surface area contributed by atoms with Crippen molar-refractivity contribution < 1.29 is 29.5 Å². The fourth-order valence-electron chi connectivity index (χ4n) is 6.87. The van der Waals surface area contributed by atoms with Gasteiger partial charge in [-0.05, 0) is 97.9 Å². The number of fused-ring (bicyclic) bond motifs is 3. The van der Waals surface area contributed by atoms with E-state index in [1.54, 1.807) is 18.2 Å². The number of nitrogens with zero attached hydrogens (tertiary/aromatic N) is 1. The molecule has 2 aliphatic heterocycles. The molecule has 0 bridgehead atoms. The molecule has 2 aromatic carbocycles. The van der Waals surface area contributed by atoms with E-state index in [2.05, 4.69) is 19.9 Å². The number of imide groups is 1. The SMILES string of the molecule is CCC1=C2[C@@H](CC/C(=C/c3cc(C)c(O)c(C)c3)CC)OC[C@@H]2[C@@H]2C(=O)N(c3cccc(B(O)O)c3)C(=O)[C@@H]2C1. The van der Waals surface area contributed by atoms with Crippen molar-refractivity contribution >= 4 is 36.2 Å². The Balaban J connectivity index is 1.37. The Bertz CT molecular complexity index is 1370. The van der Waals surface area contributed by atoms with Gasteiger partial charge in [-0.1, -0.05) is 43.2 Å². The zero-order valence-electron chi connectivity index (χ0n) is 23.7. The summed E-state index contributed by atoms with van der Waals surface area (Å²) < 4.78 is 6.35. The number of phenols is 1. The predicted octanol–water partition coefficient (Wildman–Crippen LogP) is 4.19. The molecule has 0 aromatic heterocycles. The molecule has 3 aliphatic rings. The average Bonchev–Trinajstić information content (AvgIpc) is 3.47. The Morgan fingerprint density at radius 1 is 1.07 bits per heavy atom. The largest absolute Gasteiger partial charge is 0.507 e. The van der Waals surface area contributed by atoms with Crippen LogP contribution < -0.4 is 10.4 Å². The number of carbonyl (C=O) groups excluding carboxylic acids is 2. The molecule has 40 heavy (non-hydrogen) atoms. The Morgan fingerprint density at radius 3 is 2.45 bits per heavy atom. The lowest BCUT2D eigenvalue weighted by Gasteiger charge is -2.31. The van der Waals surface area contributed by atoms with Gasteiger partial charge in [0.1, 0.15) is 5.75 Å². The van der Waals surface area contributed by atoms with Crippen LogP contribution in [0.4, 0.5) is 5.69 Å². The second-order valence-corrected chi connectivity index (χ2v) is 11.4. The summed E-state index contributed by atoms with van der Waals surface area (Å²) in [4.78, 5) is 28.5. The van der Waals surface area contributed by atoms with Gasteiger partial charge in [-0.3, -0.25) is 14.5 Å². The minimum atomic E-state index is -1.68. The van der Waals surface area contributed by atoms with Crippen molar-refractivity contribution in [1.82, 2.24) is 0 Å². The van der Waals surface area contributed by atoms with Gasteiger partial charge in [-0.15, -0.1) is 0 Å². The van der Waals surface area contributed by atoms with E-state index in [1.165, 1.54) is 27.7 Å². The molecule has 2 fully saturated rings. The van der Waals surface area contributed by atoms with Gasteiger partial charge >= 0.3 is 7.12 Å². The summed E-state index contributed by atoms with van der Waals surface area (Å²) >= 11 is 0. The highest BCUT2D eigenvalue weighted by atomic mass is 16.5. The number of carbonyl (C=O) groups is 2. The quantitative estimate of drug-likeness (QED) is 0.262. The lowest BCUT2D eigenvalue weighted by Crippen LogP contribution is -2.35. The Morgan fingerprint density at radius 2 is 1.80 bits per heavy atom. The molecule has 5 rings (SSSR count). The van der Waals surface area contributed by atoms with Crippen LogP contribution in [-0.4, -0.2) is 46.8 Å². The predicted molar refractivity (Wildman–Crippen MR) is 156 cm³/mol. The van der Waals surface area contributed by atoms with E-state index in [9.17, 15) is 24.7 Å². The number of aryl methyl sites for hydroxylation is 2. The molecule has 2 heterocycles. The van der Waals surface area contributed by atoms with Gasteiger partial charge in [0.2, 0.25) is 11.8 Å². The molecule has 210 valence electrons. The number of hydrogen-bond donors (Lipinski definition) is 3. The maximum atomic E-state index is 13.7. The fraction of sp³-hybridized carbons (Fsp3) is 0.438. The van der Waals surface area contributed by atoms with E-state index in [1.807, 2.05) is 26.0 Å². The van der Waals surface area contributed by atoms with Crippen molar-refractivity contribution in [3.8, 4) is 5.75 Å². The third-order valence-electron chi connectivity index (χ3n) is 8.93. The van der Waals surface area contributed by atoms with Gasteiger partial charge in [0.05, 0.1) is 30.2 Å². The third kappa shape index (κ3) is 5.04. The third-order valence-corrected chi connectivity index (χ3v) is 8.93. The van der Waals surface area contributed by atoms with Crippen LogP contribution in [0.3, 0.4) is 0 Å². The topological polar surface area (TPSA) is 107 Å². The first-order valence-electron chi connectivity index (χ1n) is 14.3. The smallest absolute Gasteiger partial charge is 0.488 e. The van der Waals surface area contributed by atoms with Crippen LogP contribution in [0.15, 0.2) is 53.1 Å². The Labute approximate surface area is 236 Å².